The van der Waals surface area contributed by atoms with Crippen molar-refractivity contribution in [3.8, 4) is 0 Å². The largest absolute Gasteiger partial charge is 0.379 e. The van der Waals surface area contributed by atoms with Gasteiger partial charge in [-0.2, -0.15) is 0 Å². The van der Waals surface area contributed by atoms with Crippen LogP contribution >= 0.6 is 0 Å². The summed E-state index contributed by atoms with van der Waals surface area (Å²) in [5.41, 5.74) is 2.72. The molecule has 0 aromatic heterocycles. The van der Waals surface area contributed by atoms with Gasteiger partial charge in [-0.05, 0) is 31.9 Å². The number of rotatable bonds is 3. The Bertz CT molecular complexity index is 440. The predicted octanol–water partition coefficient (Wildman–Crippen LogP) is 2.41. The molecule has 1 unspecified atom stereocenters. The third-order valence-corrected chi connectivity index (χ3v) is 3.03. The molecule has 1 aliphatic rings. The summed E-state index contributed by atoms with van der Waals surface area (Å²) in [5.74, 6) is 0. The molecule has 1 aromatic rings. The van der Waals surface area contributed by atoms with Crippen molar-refractivity contribution in [2.75, 3.05) is 18.5 Å². The topological polar surface area (TPSA) is 64.4 Å². The molecule has 1 N–H and O–H groups in total. The second-order valence-electron chi connectivity index (χ2n) is 4.42. The van der Waals surface area contributed by atoms with Crippen LogP contribution in [0.3, 0.4) is 0 Å². The van der Waals surface area contributed by atoms with Crippen LogP contribution < -0.4 is 5.32 Å². The molecule has 1 aliphatic heterocycles. The van der Waals surface area contributed by atoms with Crippen molar-refractivity contribution in [3.63, 3.8) is 0 Å². The molecule has 92 valence electrons. The monoisotopic (exact) mass is 236 g/mol. The zero-order valence-electron chi connectivity index (χ0n) is 10.0. The molecule has 1 aromatic carbocycles. The van der Waals surface area contributed by atoms with Crippen LogP contribution in [0.15, 0.2) is 12.1 Å². The Balaban J connectivity index is 2.26. The van der Waals surface area contributed by atoms with Crippen LogP contribution in [-0.4, -0.2) is 24.2 Å². The van der Waals surface area contributed by atoms with Crippen LogP contribution in [-0.2, 0) is 4.74 Å². The summed E-state index contributed by atoms with van der Waals surface area (Å²) in [6.07, 6.45) is 0.946. The minimum Gasteiger partial charge on any atom is -0.379 e. The minimum absolute atomic E-state index is 0.164. The molecule has 1 atom stereocenters. The fraction of sp³-hybridized carbons (Fsp3) is 0.500. The smallest absolute Gasteiger partial charge is 0.274 e. The highest BCUT2D eigenvalue weighted by molar-refractivity contribution is 5.60. The maximum atomic E-state index is 10.9. The van der Waals surface area contributed by atoms with Gasteiger partial charge >= 0.3 is 0 Å². The molecular formula is C12H16N2O3. The zero-order chi connectivity index (χ0) is 12.4. The molecule has 1 fully saturated rings. The molecule has 1 heterocycles. The van der Waals surface area contributed by atoms with E-state index in [-0.39, 0.29) is 16.7 Å². The van der Waals surface area contributed by atoms with Gasteiger partial charge in [0.1, 0.15) is 0 Å². The van der Waals surface area contributed by atoms with Crippen molar-refractivity contribution in [1.29, 1.82) is 0 Å². The Morgan fingerprint density at radius 3 is 2.76 bits per heavy atom. The summed E-state index contributed by atoms with van der Waals surface area (Å²) in [6.45, 7) is 5.13. The van der Waals surface area contributed by atoms with Crippen LogP contribution in [0.1, 0.15) is 17.5 Å². The lowest BCUT2D eigenvalue weighted by Crippen LogP contribution is -2.19. The molecule has 0 spiro atoms. The van der Waals surface area contributed by atoms with Gasteiger partial charge in [0.15, 0.2) is 0 Å². The van der Waals surface area contributed by atoms with E-state index >= 15 is 0 Å². The number of benzene rings is 1. The lowest BCUT2D eigenvalue weighted by atomic mass is 10.1. The number of aryl methyl sites for hydroxylation is 2. The fourth-order valence-electron chi connectivity index (χ4n) is 2.06. The highest BCUT2D eigenvalue weighted by Gasteiger charge is 2.18. The molecule has 1 saturated heterocycles. The van der Waals surface area contributed by atoms with E-state index in [1.54, 1.807) is 13.0 Å². The van der Waals surface area contributed by atoms with Gasteiger partial charge in [-0.15, -0.1) is 0 Å². The number of nitrogens with zero attached hydrogens (tertiary/aromatic N) is 1. The van der Waals surface area contributed by atoms with Crippen LogP contribution in [0.25, 0.3) is 0 Å². The highest BCUT2D eigenvalue weighted by Crippen LogP contribution is 2.27. The molecule has 2 rings (SSSR count). The number of nitrogens with one attached hydrogen (secondary N) is 1. The summed E-state index contributed by atoms with van der Waals surface area (Å²) < 4.78 is 5.27. The number of nitro benzene ring substituents is 1. The number of hydrogen-bond acceptors (Lipinski definition) is 4. The van der Waals surface area contributed by atoms with Crippen LogP contribution in [0.4, 0.5) is 11.4 Å². The third-order valence-electron chi connectivity index (χ3n) is 3.03. The Morgan fingerprint density at radius 1 is 1.41 bits per heavy atom. The van der Waals surface area contributed by atoms with Gasteiger partial charge in [0.05, 0.1) is 17.6 Å². The van der Waals surface area contributed by atoms with Gasteiger partial charge in [-0.3, -0.25) is 10.1 Å². The molecule has 0 bridgehead atoms. The molecule has 17 heavy (non-hydrogen) atoms. The standard InChI is InChI=1S/C12H16N2O3/c1-8-5-9(2)12(14(15)16)6-11(8)13-10-3-4-17-7-10/h5-6,10,13H,3-4,7H2,1-2H3. The molecule has 0 amide bonds. The Hall–Kier alpha value is -1.62. The van der Waals surface area contributed by atoms with Gasteiger partial charge in [0.2, 0.25) is 0 Å². The van der Waals surface area contributed by atoms with Gasteiger partial charge in [-0.25, -0.2) is 0 Å². The Morgan fingerprint density at radius 2 is 2.18 bits per heavy atom. The van der Waals surface area contributed by atoms with E-state index < -0.39 is 0 Å². The van der Waals surface area contributed by atoms with Gasteiger partial charge in [0, 0.05) is 23.9 Å². The van der Waals surface area contributed by atoms with Crippen LogP contribution in [0, 0.1) is 24.0 Å². The average Bonchev–Trinajstić information content (AvgIpc) is 2.74. The maximum absolute atomic E-state index is 10.9. The zero-order valence-corrected chi connectivity index (χ0v) is 10.0. The summed E-state index contributed by atoms with van der Waals surface area (Å²) >= 11 is 0. The van der Waals surface area contributed by atoms with E-state index in [0.29, 0.717) is 12.2 Å². The lowest BCUT2D eigenvalue weighted by molar-refractivity contribution is -0.385. The molecule has 5 nitrogen and oxygen atoms in total. The SMILES string of the molecule is Cc1cc(C)c([N+](=O)[O-])cc1NC1CCOC1. The average molecular weight is 236 g/mol. The summed E-state index contributed by atoms with van der Waals surface area (Å²) in [7, 11) is 0. The van der Waals surface area contributed by atoms with Crippen LogP contribution in [0.2, 0.25) is 0 Å². The Kier molecular flexibility index (Phi) is 3.28. The first-order valence-electron chi connectivity index (χ1n) is 5.68. The quantitative estimate of drug-likeness (QED) is 0.646. The first kappa shape index (κ1) is 11.9. The summed E-state index contributed by atoms with van der Waals surface area (Å²) in [6, 6.07) is 3.72. The normalized spacial score (nSPS) is 19.3. The van der Waals surface area contributed by atoms with Gasteiger partial charge in [-0.1, -0.05) is 0 Å². The third kappa shape index (κ3) is 2.55. The summed E-state index contributed by atoms with van der Waals surface area (Å²) in [4.78, 5) is 10.5. The number of hydrogen-bond donors (Lipinski definition) is 1. The second-order valence-corrected chi connectivity index (χ2v) is 4.42. The van der Waals surface area contributed by atoms with E-state index in [0.717, 1.165) is 24.3 Å². The van der Waals surface area contributed by atoms with E-state index in [4.69, 9.17) is 4.74 Å². The van der Waals surface area contributed by atoms with E-state index in [1.807, 2.05) is 13.0 Å². The van der Waals surface area contributed by atoms with E-state index in [2.05, 4.69) is 5.32 Å². The van der Waals surface area contributed by atoms with Gasteiger partial charge < -0.3 is 10.1 Å². The van der Waals surface area contributed by atoms with Crippen molar-refractivity contribution in [2.45, 2.75) is 26.3 Å². The molecular weight excluding hydrogens is 220 g/mol. The lowest BCUT2D eigenvalue weighted by Gasteiger charge is -2.15. The number of ether oxygens (including phenoxy) is 1. The van der Waals surface area contributed by atoms with Crippen molar-refractivity contribution in [3.05, 3.63) is 33.4 Å². The maximum Gasteiger partial charge on any atom is 0.274 e. The number of nitro groups is 1. The number of anilines is 1. The van der Waals surface area contributed by atoms with Crippen LogP contribution in [0.5, 0.6) is 0 Å². The van der Waals surface area contributed by atoms with E-state index in [1.165, 1.54) is 0 Å². The van der Waals surface area contributed by atoms with Crippen molar-refractivity contribution < 1.29 is 9.66 Å². The molecule has 5 heteroatoms. The Labute approximate surface area is 99.9 Å². The van der Waals surface area contributed by atoms with Crippen molar-refractivity contribution >= 4 is 11.4 Å². The molecule has 0 aliphatic carbocycles. The first-order valence-corrected chi connectivity index (χ1v) is 5.68. The highest BCUT2D eigenvalue weighted by atomic mass is 16.6. The van der Waals surface area contributed by atoms with Gasteiger partial charge in [0.25, 0.3) is 5.69 Å². The molecule has 0 radical (unpaired) electrons. The second kappa shape index (κ2) is 4.71. The minimum atomic E-state index is -0.342. The molecule has 0 saturated carbocycles. The first-order chi connectivity index (χ1) is 8.08. The predicted molar refractivity (Wildman–Crippen MR) is 65.4 cm³/mol. The van der Waals surface area contributed by atoms with Crippen molar-refractivity contribution in [2.24, 2.45) is 0 Å². The fourth-order valence-corrected chi connectivity index (χ4v) is 2.06. The van der Waals surface area contributed by atoms with E-state index in [9.17, 15) is 10.1 Å². The summed E-state index contributed by atoms with van der Waals surface area (Å²) in [5, 5.41) is 14.2. The van der Waals surface area contributed by atoms with Crippen molar-refractivity contribution in [1.82, 2.24) is 0 Å².